The molecule has 2 heterocycles. The zero-order valence-electron chi connectivity index (χ0n) is 24.9. The fourth-order valence-corrected chi connectivity index (χ4v) is 5.06. The first-order chi connectivity index (χ1) is 20.4. The molecule has 4 amide bonds. The minimum atomic E-state index is -1.26. The highest BCUT2D eigenvalue weighted by Crippen LogP contribution is 2.22. The van der Waals surface area contributed by atoms with Gasteiger partial charge < -0.3 is 31.0 Å². The van der Waals surface area contributed by atoms with Gasteiger partial charge >= 0.3 is 0 Å². The number of piperidine rings is 1. The molecule has 1 aliphatic rings. The predicted octanol–water partition coefficient (Wildman–Crippen LogP) is 2.40. The Morgan fingerprint density at radius 2 is 1.74 bits per heavy atom. The fraction of sp³-hybridized carbons (Fsp3) is 0.406. The molecule has 11 heteroatoms. The molecule has 11 nitrogen and oxygen atoms in total. The molecule has 3 aromatic rings. The van der Waals surface area contributed by atoms with E-state index in [1.807, 2.05) is 30.3 Å². The first-order valence-electron chi connectivity index (χ1n) is 14.4. The third-order valence-corrected chi connectivity index (χ3v) is 7.24. The van der Waals surface area contributed by atoms with Crippen molar-refractivity contribution < 1.29 is 28.7 Å². The van der Waals surface area contributed by atoms with Gasteiger partial charge in [0.1, 0.15) is 17.5 Å². The zero-order valence-corrected chi connectivity index (χ0v) is 24.9. The quantitative estimate of drug-likeness (QED) is 0.216. The number of Topliss-reactive ketones (excluding diaryl/α,β-unsaturated/α-hetero) is 1. The number of hydrogen-bond donors (Lipinski definition) is 5. The number of amides is 4. The Labute approximate surface area is 250 Å². The number of H-pyrrole nitrogens is 1. The molecule has 0 saturated carbocycles. The van der Waals surface area contributed by atoms with Crippen LogP contribution >= 0.6 is 0 Å². The summed E-state index contributed by atoms with van der Waals surface area (Å²) in [6.07, 6.45) is 1.35. The van der Waals surface area contributed by atoms with E-state index in [0.717, 1.165) is 22.9 Å². The normalized spacial score (nSPS) is 16.5. The van der Waals surface area contributed by atoms with Gasteiger partial charge in [-0.3, -0.25) is 24.0 Å². The van der Waals surface area contributed by atoms with Crippen LogP contribution in [0.3, 0.4) is 0 Å². The second-order valence-corrected chi connectivity index (χ2v) is 11.8. The highest BCUT2D eigenvalue weighted by molar-refractivity contribution is 6.38. The maximum Gasteiger partial charge on any atom is 0.290 e. The number of benzene rings is 2. The van der Waals surface area contributed by atoms with Crippen molar-refractivity contribution >= 4 is 40.3 Å². The van der Waals surface area contributed by atoms with Crippen molar-refractivity contribution in [2.75, 3.05) is 13.7 Å². The van der Waals surface area contributed by atoms with E-state index in [0.29, 0.717) is 18.7 Å². The summed E-state index contributed by atoms with van der Waals surface area (Å²) < 4.78 is 5.27. The molecule has 43 heavy (non-hydrogen) atoms. The lowest BCUT2D eigenvalue weighted by Crippen LogP contribution is -2.57. The second kappa shape index (κ2) is 13.5. The maximum atomic E-state index is 13.8. The van der Waals surface area contributed by atoms with E-state index in [4.69, 9.17) is 4.74 Å². The number of fused-ring (bicyclic) bond motifs is 1. The Hall–Kier alpha value is -4.67. The van der Waals surface area contributed by atoms with Gasteiger partial charge in [0.25, 0.3) is 11.8 Å². The van der Waals surface area contributed by atoms with Crippen LogP contribution in [0.2, 0.25) is 0 Å². The fourth-order valence-electron chi connectivity index (χ4n) is 5.06. The summed E-state index contributed by atoms with van der Waals surface area (Å²) in [5, 5.41) is 11.7. The molecule has 0 radical (unpaired) electrons. The van der Waals surface area contributed by atoms with Crippen molar-refractivity contribution in [1.29, 1.82) is 0 Å². The number of hydrogen-bond acceptors (Lipinski definition) is 6. The number of carbonyl (C=O) groups excluding carboxylic acids is 5. The molecule has 1 fully saturated rings. The van der Waals surface area contributed by atoms with E-state index in [1.54, 1.807) is 52.1 Å². The van der Waals surface area contributed by atoms with Crippen molar-refractivity contribution in [3.8, 4) is 5.75 Å². The summed E-state index contributed by atoms with van der Waals surface area (Å²) in [4.78, 5) is 69.0. The van der Waals surface area contributed by atoms with Crippen LogP contribution in [0.25, 0.3) is 10.9 Å². The predicted molar refractivity (Wildman–Crippen MR) is 161 cm³/mol. The molecule has 228 valence electrons. The summed E-state index contributed by atoms with van der Waals surface area (Å²) in [5.41, 5.74) is 1.06. The minimum Gasteiger partial charge on any atom is -0.497 e. The summed E-state index contributed by atoms with van der Waals surface area (Å²) >= 11 is 0. The lowest BCUT2D eigenvalue weighted by molar-refractivity contribution is -0.142. The molecular weight excluding hydrogens is 550 g/mol. The van der Waals surface area contributed by atoms with Gasteiger partial charge in [-0.15, -0.1) is 0 Å². The van der Waals surface area contributed by atoms with Gasteiger partial charge in [-0.05, 0) is 69.9 Å². The lowest BCUT2D eigenvalue weighted by Gasteiger charge is -2.28. The number of nitrogens with one attached hydrogen (secondary N) is 5. The van der Waals surface area contributed by atoms with Gasteiger partial charge in [0, 0.05) is 35.3 Å². The Bertz CT molecular complexity index is 1490. The summed E-state index contributed by atoms with van der Waals surface area (Å²) in [5.74, 6) is -3.01. The Morgan fingerprint density at radius 3 is 2.42 bits per heavy atom. The average molecular weight is 590 g/mol. The van der Waals surface area contributed by atoms with Crippen LogP contribution in [-0.4, -0.2) is 65.7 Å². The minimum absolute atomic E-state index is 0.0379. The number of aromatic nitrogens is 1. The smallest absolute Gasteiger partial charge is 0.290 e. The van der Waals surface area contributed by atoms with E-state index >= 15 is 0 Å². The SMILES string of the molecule is COc1ccc2[nH]c(C(=O)N[C@@H](Cc3ccccc3)C(=O)N[C@@H](C[C@@H]3CCCNC3=O)C(=O)C(=O)NC(C)(C)C)cc2c1. The topological polar surface area (TPSA) is 158 Å². The van der Waals surface area contributed by atoms with E-state index < -0.39 is 47.0 Å². The molecular formula is C32H39N5O6. The number of aromatic amines is 1. The van der Waals surface area contributed by atoms with Crippen molar-refractivity contribution in [2.45, 2.75) is 64.1 Å². The molecule has 5 N–H and O–H groups in total. The van der Waals surface area contributed by atoms with Crippen LogP contribution < -0.4 is 26.0 Å². The largest absolute Gasteiger partial charge is 0.497 e. The highest BCUT2D eigenvalue weighted by atomic mass is 16.5. The monoisotopic (exact) mass is 589 g/mol. The summed E-state index contributed by atoms with van der Waals surface area (Å²) in [7, 11) is 1.56. The first kappa shape index (κ1) is 31.3. The van der Waals surface area contributed by atoms with Crippen molar-refractivity contribution in [3.63, 3.8) is 0 Å². The van der Waals surface area contributed by atoms with E-state index in [9.17, 15) is 24.0 Å². The lowest BCUT2D eigenvalue weighted by atomic mass is 9.89. The maximum absolute atomic E-state index is 13.8. The van der Waals surface area contributed by atoms with Crippen LogP contribution in [0.15, 0.2) is 54.6 Å². The van der Waals surface area contributed by atoms with Crippen LogP contribution in [-0.2, 0) is 25.6 Å². The van der Waals surface area contributed by atoms with E-state index in [-0.39, 0.29) is 24.4 Å². The zero-order chi connectivity index (χ0) is 31.1. The molecule has 4 rings (SSSR count). The molecule has 1 aliphatic heterocycles. The first-order valence-corrected chi connectivity index (χ1v) is 14.4. The molecule has 0 bridgehead atoms. The molecule has 1 saturated heterocycles. The summed E-state index contributed by atoms with van der Waals surface area (Å²) in [6.45, 7) is 5.76. The van der Waals surface area contributed by atoms with Gasteiger partial charge in [0.15, 0.2) is 0 Å². The third-order valence-electron chi connectivity index (χ3n) is 7.24. The number of rotatable bonds is 11. The van der Waals surface area contributed by atoms with Crippen LogP contribution in [0.4, 0.5) is 0 Å². The standard InChI is InChI=1S/C32H39N5O6/c1-32(2,3)37-31(42)27(38)24(17-20-11-8-14-33-28(20)39)35-29(40)25(15-19-9-6-5-7-10-19)36-30(41)26-18-21-16-22(43-4)12-13-23(21)34-26/h5-7,9-10,12-13,16,18,20,24-25,34H,8,11,14-15,17H2,1-4H3,(H,33,39)(H,35,40)(H,36,41)(H,37,42)/t20-,24-,25-/m0/s1. The number of ketones is 1. The molecule has 0 unspecified atom stereocenters. The Kier molecular flexibility index (Phi) is 9.84. The van der Waals surface area contributed by atoms with Crippen LogP contribution in [0.1, 0.15) is 56.1 Å². The van der Waals surface area contributed by atoms with Gasteiger partial charge in [-0.25, -0.2) is 0 Å². The summed E-state index contributed by atoms with van der Waals surface area (Å²) in [6, 6.07) is 13.8. The Balaban J connectivity index is 1.58. The van der Waals surface area contributed by atoms with Crippen molar-refractivity contribution in [2.24, 2.45) is 5.92 Å². The molecule has 3 atom stereocenters. The van der Waals surface area contributed by atoms with Gasteiger partial charge in [-0.2, -0.15) is 0 Å². The number of carbonyl (C=O) groups is 5. The van der Waals surface area contributed by atoms with Crippen molar-refractivity contribution in [3.05, 3.63) is 65.9 Å². The molecule has 1 aromatic heterocycles. The highest BCUT2D eigenvalue weighted by Gasteiger charge is 2.36. The second-order valence-electron chi connectivity index (χ2n) is 11.8. The molecule has 0 spiro atoms. The Morgan fingerprint density at radius 1 is 1.00 bits per heavy atom. The average Bonchev–Trinajstić information content (AvgIpc) is 3.40. The van der Waals surface area contributed by atoms with Crippen LogP contribution in [0, 0.1) is 5.92 Å². The van der Waals surface area contributed by atoms with E-state index in [2.05, 4.69) is 26.3 Å². The third kappa shape index (κ3) is 8.43. The molecule has 0 aliphatic carbocycles. The van der Waals surface area contributed by atoms with Gasteiger partial charge in [0.05, 0.1) is 13.2 Å². The number of methoxy groups -OCH3 is 1. The number of ether oxygens (including phenoxy) is 1. The molecule has 2 aromatic carbocycles. The van der Waals surface area contributed by atoms with Gasteiger partial charge in [-0.1, -0.05) is 30.3 Å². The van der Waals surface area contributed by atoms with Crippen LogP contribution in [0.5, 0.6) is 5.75 Å². The van der Waals surface area contributed by atoms with Crippen molar-refractivity contribution in [1.82, 2.24) is 26.3 Å². The van der Waals surface area contributed by atoms with E-state index in [1.165, 1.54) is 0 Å². The van der Waals surface area contributed by atoms with Gasteiger partial charge in [0.2, 0.25) is 17.6 Å².